The fourth-order valence-electron chi connectivity index (χ4n) is 4.13. The standard InChI is InChI=1S/C20H33N5O3S/c1-16(20(26)22-18-5-7-19(8-6-18)29(21,27)28)25-9-3-4-17(15-25)14-24-12-10-23(2)11-13-24/h5-8,16-17H,3-4,9-15H2,1-2H3,(H,22,26)(H2,21,27,28)/t16-,17-/m0/s1. The van der Waals surface area contributed by atoms with Gasteiger partial charge in [-0.1, -0.05) is 0 Å². The molecule has 8 nitrogen and oxygen atoms in total. The molecular weight excluding hydrogens is 390 g/mol. The zero-order valence-corrected chi connectivity index (χ0v) is 18.2. The Bertz CT molecular complexity index is 791. The van der Waals surface area contributed by atoms with Crippen molar-refractivity contribution in [2.75, 3.05) is 58.2 Å². The fourth-order valence-corrected chi connectivity index (χ4v) is 4.65. The number of piperazine rings is 1. The molecule has 2 heterocycles. The van der Waals surface area contributed by atoms with E-state index in [1.165, 1.54) is 18.6 Å². The van der Waals surface area contributed by atoms with Crippen LogP contribution in [0.25, 0.3) is 0 Å². The average Bonchev–Trinajstić information content (AvgIpc) is 2.69. The van der Waals surface area contributed by atoms with Crippen LogP contribution in [0.3, 0.4) is 0 Å². The topological polar surface area (TPSA) is 99.0 Å². The first-order valence-corrected chi connectivity index (χ1v) is 11.9. The highest BCUT2D eigenvalue weighted by Gasteiger charge is 2.29. The summed E-state index contributed by atoms with van der Waals surface area (Å²) in [6, 6.07) is 5.71. The molecule has 9 heteroatoms. The van der Waals surface area contributed by atoms with Crippen molar-refractivity contribution >= 4 is 21.6 Å². The van der Waals surface area contributed by atoms with Crippen molar-refractivity contribution in [1.29, 1.82) is 0 Å². The number of rotatable bonds is 6. The number of sulfonamides is 1. The number of nitrogens with one attached hydrogen (secondary N) is 1. The Labute approximate surface area is 174 Å². The van der Waals surface area contributed by atoms with Gasteiger partial charge in [0.25, 0.3) is 0 Å². The molecule has 3 rings (SSSR count). The fraction of sp³-hybridized carbons (Fsp3) is 0.650. The van der Waals surface area contributed by atoms with Crippen LogP contribution in [-0.2, 0) is 14.8 Å². The van der Waals surface area contributed by atoms with Crippen molar-refractivity contribution in [2.45, 2.75) is 30.7 Å². The van der Waals surface area contributed by atoms with Gasteiger partial charge in [0.1, 0.15) is 0 Å². The first-order valence-electron chi connectivity index (χ1n) is 10.3. The Morgan fingerprint density at radius 2 is 1.83 bits per heavy atom. The largest absolute Gasteiger partial charge is 0.325 e. The molecule has 29 heavy (non-hydrogen) atoms. The second-order valence-corrected chi connectivity index (χ2v) is 9.90. The molecule has 0 radical (unpaired) electrons. The molecule has 1 aromatic carbocycles. The predicted octanol–water partition coefficient (Wildman–Crippen LogP) is 0.620. The summed E-state index contributed by atoms with van der Waals surface area (Å²) in [5, 5.41) is 8.00. The quantitative estimate of drug-likeness (QED) is 0.696. The van der Waals surface area contributed by atoms with Gasteiger partial charge in [-0.05, 0) is 63.5 Å². The Hall–Kier alpha value is -1.52. The average molecular weight is 424 g/mol. The molecule has 0 saturated carbocycles. The molecule has 1 aromatic rings. The van der Waals surface area contributed by atoms with Crippen LogP contribution >= 0.6 is 0 Å². The van der Waals surface area contributed by atoms with Gasteiger partial charge in [0, 0.05) is 45.0 Å². The molecule has 2 aliphatic rings. The van der Waals surface area contributed by atoms with E-state index in [1.54, 1.807) is 12.1 Å². The molecule has 162 valence electrons. The lowest BCUT2D eigenvalue weighted by molar-refractivity contribution is -0.121. The van der Waals surface area contributed by atoms with Crippen LogP contribution in [0.15, 0.2) is 29.2 Å². The lowest BCUT2D eigenvalue weighted by atomic mass is 9.95. The monoisotopic (exact) mass is 423 g/mol. The third kappa shape index (κ3) is 6.23. The maximum Gasteiger partial charge on any atom is 0.241 e. The van der Waals surface area contributed by atoms with Crippen molar-refractivity contribution in [3.63, 3.8) is 0 Å². The highest BCUT2D eigenvalue weighted by molar-refractivity contribution is 7.89. The number of carbonyl (C=O) groups is 1. The lowest BCUT2D eigenvalue weighted by Crippen LogP contribution is -2.51. The number of carbonyl (C=O) groups excluding carboxylic acids is 1. The van der Waals surface area contributed by atoms with E-state index in [9.17, 15) is 13.2 Å². The summed E-state index contributed by atoms with van der Waals surface area (Å²) < 4.78 is 22.7. The Balaban J connectivity index is 1.52. The molecular formula is C20H33N5O3S. The van der Waals surface area contributed by atoms with Crippen molar-refractivity contribution in [3.8, 4) is 0 Å². The van der Waals surface area contributed by atoms with Crippen LogP contribution in [0.1, 0.15) is 19.8 Å². The highest BCUT2D eigenvalue weighted by Crippen LogP contribution is 2.21. The summed E-state index contributed by atoms with van der Waals surface area (Å²) in [4.78, 5) is 19.9. The van der Waals surface area contributed by atoms with E-state index in [-0.39, 0.29) is 16.8 Å². The number of piperidine rings is 1. The van der Waals surface area contributed by atoms with E-state index in [1.807, 2.05) is 6.92 Å². The minimum Gasteiger partial charge on any atom is -0.325 e. The number of likely N-dealkylation sites (N-methyl/N-ethyl adjacent to an activating group) is 1. The van der Waals surface area contributed by atoms with Crippen LogP contribution < -0.4 is 10.5 Å². The third-order valence-electron chi connectivity index (χ3n) is 6.04. The highest BCUT2D eigenvalue weighted by atomic mass is 32.2. The van der Waals surface area contributed by atoms with Gasteiger partial charge < -0.3 is 15.1 Å². The minimum atomic E-state index is -3.73. The Morgan fingerprint density at radius 1 is 1.17 bits per heavy atom. The van der Waals surface area contributed by atoms with Gasteiger partial charge in [0.15, 0.2) is 0 Å². The van der Waals surface area contributed by atoms with E-state index < -0.39 is 10.0 Å². The molecule has 2 atom stereocenters. The van der Waals surface area contributed by atoms with Crippen LogP contribution in [0.5, 0.6) is 0 Å². The maximum atomic E-state index is 12.7. The van der Waals surface area contributed by atoms with E-state index in [0.717, 1.165) is 52.2 Å². The molecule has 0 spiro atoms. The minimum absolute atomic E-state index is 0.0336. The second-order valence-electron chi connectivity index (χ2n) is 8.34. The van der Waals surface area contributed by atoms with Crippen molar-refractivity contribution in [2.24, 2.45) is 11.1 Å². The summed E-state index contributed by atoms with van der Waals surface area (Å²) in [7, 11) is -1.56. The van der Waals surface area contributed by atoms with Gasteiger partial charge in [0.2, 0.25) is 15.9 Å². The number of hydrogen-bond acceptors (Lipinski definition) is 6. The maximum absolute atomic E-state index is 12.7. The molecule has 2 saturated heterocycles. The normalized spacial score (nSPS) is 23.6. The number of benzene rings is 1. The van der Waals surface area contributed by atoms with Crippen molar-refractivity contribution < 1.29 is 13.2 Å². The summed E-state index contributed by atoms with van der Waals surface area (Å²) in [5.41, 5.74) is 0.570. The summed E-state index contributed by atoms with van der Waals surface area (Å²) in [6.07, 6.45) is 2.32. The SMILES string of the molecule is C[C@@H](C(=O)Nc1ccc(S(N)(=O)=O)cc1)N1CCC[C@@H](CN2CCN(C)CC2)C1. The molecule has 2 fully saturated rings. The summed E-state index contributed by atoms with van der Waals surface area (Å²) in [6.45, 7) is 9.40. The Morgan fingerprint density at radius 3 is 2.45 bits per heavy atom. The number of amides is 1. The van der Waals surface area contributed by atoms with Gasteiger partial charge in [-0.2, -0.15) is 0 Å². The summed E-state index contributed by atoms with van der Waals surface area (Å²) >= 11 is 0. The number of primary sulfonamides is 1. The molecule has 0 unspecified atom stereocenters. The van der Waals surface area contributed by atoms with E-state index in [2.05, 4.69) is 27.1 Å². The Kier molecular flexibility index (Phi) is 7.28. The molecule has 0 bridgehead atoms. The van der Waals surface area contributed by atoms with Gasteiger partial charge in [-0.3, -0.25) is 9.69 Å². The lowest BCUT2D eigenvalue weighted by Gasteiger charge is -2.40. The van der Waals surface area contributed by atoms with E-state index in [0.29, 0.717) is 11.6 Å². The second kappa shape index (κ2) is 9.53. The molecule has 2 aliphatic heterocycles. The number of likely N-dealkylation sites (tertiary alicyclic amines) is 1. The molecule has 1 amide bonds. The number of anilines is 1. The van der Waals surface area contributed by atoms with Crippen LogP contribution in [0.2, 0.25) is 0 Å². The van der Waals surface area contributed by atoms with Crippen LogP contribution in [0.4, 0.5) is 5.69 Å². The summed E-state index contributed by atoms with van der Waals surface area (Å²) in [5.74, 6) is 0.519. The molecule has 0 aliphatic carbocycles. The number of nitrogens with zero attached hydrogens (tertiary/aromatic N) is 3. The number of hydrogen-bond donors (Lipinski definition) is 2. The van der Waals surface area contributed by atoms with Crippen molar-refractivity contribution in [3.05, 3.63) is 24.3 Å². The van der Waals surface area contributed by atoms with E-state index >= 15 is 0 Å². The molecule has 3 N–H and O–H groups in total. The van der Waals surface area contributed by atoms with Gasteiger partial charge in [0.05, 0.1) is 10.9 Å². The van der Waals surface area contributed by atoms with E-state index in [4.69, 9.17) is 5.14 Å². The van der Waals surface area contributed by atoms with Crippen molar-refractivity contribution in [1.82, 2.24) is 14.7 Å². The zero-order chi connectivity index (χ0) is 21.0. The predicted molar refractivity (Wildman–Crippen MR) is 114 cm³/mol. The third-order valence-corrected chi connectivity index (χ3v) is 6.97. The first kappa shape index (κ1) is 22.2. The first-order chi connectivity index (χ1) is 13.7. The molecule has 0 aromatic heterocycles. The van der Waals surface area contributed by atoms with Gasteiger partial charge >= 0.3 is 0 Å². The smallest absolute Gasteiger partial charge is 0.241 e. The van der Waals surface area contributed by atoms with Gasteiger partial charge in [-0.15, -0.1) is 0 Å². The van der Waals surface area contributed by atoms with Crippen LogP contribution in [-0.4, -0.2) is 87.9 Å². The zero-order valence-electron chi connectivity index (χ0n) is 17.4. The van der Waals surface area contributed by atoms with Gasteiger partial charge in [-0.25, -0.2) is 13.6 Å². The van der Waals surface area contributed by atoms with Crippen LogP contribution in [0, 0.1) is 5.92 Å². The number of nitrogens with two attached hydrogens (primary N) is 1.